The second kappa shape index (κ2) is 9.14. The van der Waals surface area contributed by atoms with Gasteiger partial charge in [0.25, 0.3) is 5.56 Å². The van der Waals surface area contributed by atoms with Crippen molar-refractivity contribution < 1.29 is 9.13 Å². The highest BCUT2D eigenvalue weighted by atomic mass is 19.1. The van der Waals surface area contributed by atoms with Crippen LogP contribution in [0.4, 0.5) is 4.39 Å². The first kappa shape index (κ1) is 20.8. The van der Waals surface area contributed by atoms with E-state index in [4.69, 9.17) is 4.74 Å². The van der Waals surface area contributed by atoms with E-state index >= 15 is 0 Å². The van der Waals surface area contributed by atoms with Crippen LogP contribution in [0.1, 0.15) is 11.1 Å². The van der Waals surface area contributed by atoms with Crippen molar-refractivity contribution in [2.75, 3.05) is 20.7 Å². The Morgan fingerprint density at radius 2 is 1.94 bits per heavy atom. The molecule has 0 aliphatic carbocycles. The minimum atomic E-state index is -0.327. The second-order valence-electron chi connectivity index (χ2n) is 7.58. The number of hydrogen-bond donors (Lipinski definition) is 0. The summed E-state index contributed by atoms with van der Waals surface area (Å²) in [6.07, 6.45) is 3.66. The number of nitrogens with zero attached hydrogens (tertiary/aromatic N) is 4. The molecule has 6 nitrogen and oxygen atoms in total. The van der Waals surface area contributed by atoms with Crippen molar-refractivity contribution in [3.8, 4) is 5.75 Å². The molecule has 0 atom stereocenters. The molecule has 0 N–H and O–H groups in total. The van der Waals surface area contributed by atoms with E-state index in [1.54, 1.807) is 36.1 Å². The second-order valence-corrected chi connectivity index (χ2v) is 7.58. The average molecular weight is 420 g/mol. The van der Waals surface area contributed by atoms with E-state index in [-0.39, 0.29) is 17.9 Å². The van der Waals surface area contributed by atoms with Crippen LogP contribution in [0.5, 0.6) is 5.75 Å². The molecule has 31 heavy (non-hydrogen) atoms. The van der Waals surface area contributed by atoms with Crippen LogP contribution in [-0.4, -0.2) is 39.9 Å². The summed E-state index contributed by atoms with van der Waals surface area (Å²) in [5.74, 6) is 0.325. The largest absolute Gasteiger partial charge is 0.497 e. The topological polar surface area (TPSA) is 52.3 Å². The van der Waals surface area contributed by atoms with Gasteiger partial charge in [-0.2, -0.15) is 5.10 Å². The first-order chi connectivity index (χ1) is 15.0. The van der Waals surface area contributed by atoms with Crippen molar-refractivity contribution in [1.82, 2.24) is 19.2 Å². The Kier molecular flexibility index (Phi) is 6.13. The van der Waals surface area contributed by atoms with Crippen molar-refractivity contribution in [2.24, 2.45) is 0 Å². The molecule has 0 aliphatic rings. The molecule has 0 fully saturated rings. The molecule has 7 heteroatoms. The summed E-state index contributed by atoms with van der Waals surface area (Å²) in [5, 5.41) is 5.13. The van der Waals surface area contributed by atoms with Gasteiger partial charge in [-0.3, -0.25) is 9.48 Å². The molecule has 0 spiro atoms. The minimum absolute atomic E-state index is 0.130. The van der Waals surface area contributed by atoms with Crippen LogP contribution >= 0.6 is 0 Å². The van der Waals surface area contributed by atoms with E-state index in [0.717, 1.165) is 24.0 Å². The third kappa shape index (κ3) is 4.67. The molecule has 2 heterocycles. The molecule has 0 amide bonds. The Morgan fingerprint density at radius 1 is 1.10 bits per heavy atom. The van der Waals surface area contributed by atoms with Gasteiger partial charge < -0.3 is 14.2 Å². The number of halogens is 1. The highest BCUT2D eigenvalue weighted by molar-refractivity contribution is 5.81. The van der Waals surface area contributed by atoms with Crippen molar-refractivity contribution in [2.45, 2.75) is 19.6 Å². The summed E-state index contributed by atoms with van der Waals surface area (Å²) in [5.41, 5.74) is 1.72. The first-order valence-electron chi connectivity index (χ1n) is 10.1. The summed E-state index contributed by atoms with van der Waals surface area (Å²) in [6, 6.07) is 16.0. The number of likely N-dealkylation sites (N-methyl/N-ethyl adjacent to an activating group) is 1. The van der Waals surface area contributed by atoms with Crippen molar-refractivity contribution in [3.63, 3.8) is 0 Å². The zero-order valence-electron chi connectivity index (χ0n) is 17.7. The number of benzene rings is 2. The molecular weight excluding hydrogens is 395 g/mol. The summed E-state index contributed by atoms with van der Waals surface area (Å²) >= 11 is 0. The fraction of sp³-hybridized carbons (Fsp3) is 0.250. The minimum Gasteiger partial charge on any atom is -0.497 e. The van der Waals surface area contributed by atoms with Gasteiger partial charge in [0, 0.05) is 42.7 Å². The molecule has 2 aromatic carbocycles. The van der Waals surface area contributed by atoms with E-state index in [1.807, 2.05) is 48.3 Å². The maximum atomic E-state index is 14.3. The molecule has 4 rings (SSSR count). The lowest BCUT2D eigenvalue weighted by Gasteiger charge is -2.19. The van der Waals surface area contributed by atoms with Crippen LogP contribution in [-0.2, 0) is 19.6 Å². The standard InChI is InChI=1S/C24H25FN4O2/c1-27(12-13-28-11-5-10-26-28)16-20-14-18-8-9-21(31-2)15-23(18)29(24(20)30)17-19-6-3-4-7-22(19)25/h3-11,14-15H,12-13,16-17H2,1-2H3. The summed E-state index contributed by atoms with van der Waals surface area (Å²) in [6.45, 7) is 2.12. The smallest absolute Gasteiger partial charge is 0.255 e. The Morgan fingerprint density at radius 3 is 2.68 bits per heavy atom. The van der Waals surface area contributed by atoms with Crippen molar-refractivity contribution in [3.05, 3.63) is 94.3 Å². The van der Waals surface area contributed by atoms with Gasteiger partial charge in [0.05, 0.1) is 25.7 Å². The molecule has 0 aliphatic heterocycles. The van der Waals surface area contributed by atoms with Crippen molar-refractivity contribution in [1.29, 1.82) is 0 Å². The highest BCUT2D eigenvalue weighted by Gasteiger charge is 2.14. The lowest BCUT2D eigenvalue weighted by molar-refractivity contribution is 0.303. The number of methoxy groups -OCH3 is 1. The summed E-state index contributed by atoms with van der Waals surface area (Å²) < 4.78 is 23.2. The molecule has 0 unspecified atom stereocenters. The quantitative estimate of drug-likeness (QED) is 0.438. The SMILES string of the molecule is COc1ccc2cc(CN(C)CCn3cccn3)c(=O)n(Cc3ccccc3F)c2c1. The van der Waals surface area contributed by atoms with Gasteiger partial charge in [-0.25, -0.2) is 4.39 Å². The van der Waals surface area contributed by atoms with E-state index in [1.165, 1.54) is 6.07 Å². The van der Waals surface area contributed by atoms with E-state index in [2.05, 4.69) is 10.00 Å². The van der Waals surface area contributed by atoms with Crippen LogP contribution in [0.15, 0.2) is 71.8 Å². The van der Waals surface area contributed by atoms with Gasteiger partial charge in [-0.05, 0) is 42.8 Å². The molecule has 0 saturated heterocycles. The van der Waals surface area contributed by atoms with E-state index in [9.17, 15) is 9.18 Å². The molecule has 4 aromatic rings. The Labute approximate surface area is 180 Å². The normalized spacial score (nSPS) is 11.4. The van der Waals surface area contributed by atoms with E-state index < -0.39 is 0 Å². The summed E-state index contributed by atoms with van der Waals surface area (Å²) in [4.78, 5) is 15.5. The fourth-order valence-corrected chi connectivity index (χ4v) is 3.68. The Balaban J connectivity index is 1.70. The number of hydrogen-bond acceptors (Lipinski definition) is 4. The number of pyridine rings is 1. The molecular formula is C24H25FN4O2. The first-order valence-corrected chi connectivity index (χ1v) is 10.1. The van der Waals surface area contributed by atoms with Crippen LogP contribution in [0.3, 0.4) is 0 Å². The lowest BCUT2D eigenvalue weighted by Crippen LogP contribution is -2.30. The Hall–Kier alpha value is -3.45. The molecule has 0 saturated carbocycles. The third-order valence-electron chi connectivity index (χ3n) is 5.37. The number of ether oxygens (including phenoxy) is 1. The van der Waals surface area contributed by atoms with Gasteiger partial charge in [0.1, 0.15) is 11.6 Å². The predicted octanol–water partition coefficient (Wildman–Crippen LogP) is 3.53. The molecule has 0 radical (unpaired) electrons. The maximum absolute atomic E-state index is 14.3. The van der Waals surface area contributed by atoms with Crippen molar-refractivity contribution >= 4 is 10.9 Å². The van der Waals surface area contributed by atoms with Crippen LogP contribution in [0.25, 0.3) is 10.9 Å². The Bertz CT molecular complexity index is 1230. The molecule has 160 valence electrons. The van der Waals surface area contributed by atoms with Gasteiger partial charge in [0.2, 0.25) is 0 Å². The van der Waals surface area contributed by atoms with Crippen LogP contribution in [0.2, 0.25) is 0 Å². The average Bonchev–Trinajstić information content (AvgIpc) is 3.30. The number of aromatic nitrogens is 3. The zero-order chi connectivity index (χ0) is 21.8. The lowest BCUT2D eigenvalue weighted by atomic mass is 10.1. The molecule has 0 bridgehead atoms. The van der Waals surface area contributed by atoms with Crippen LogP contribution in [0, 0.1) is 5.82 Å². The van der Waals surface area contributed by atoms with E-state index in [0.29, 0.717) is 23.4 Å². The monoisotopic (exact) mass is 420 g/mol. The highest BCUT2D eigenvalue weighted by Crippen LogP contribution is 2.22. The maximum Gasteiger partial charge on any atom is 0.255 e. The number of fused-ring (bicyclic) bond motifs is 1. The van der Waals surface area contributed by atoms with Crippen LogP contribution < -0.4 is 10.3 Å². The van der Waals surface area contributed by atoms with Gasteiger partial charge in [-0.15, -0.1) is 0 Å². The fourth-order valence-electron chi connectivity index (χ4n) is 3.68. The van der Waals surface area contributed by atoms with Gasteiger partial charge in [-0.1, -0.05) is 18.2 Å². The third-order valence-corrected chi connectivity index (χ3v) is 5.37. The predicted molar refractivity (Wildman–Crippen MR) is 119 cm³/mol. The van der Waals surface area contributed by atoms with Gasteiger partial charge >= 0.3 is 0 Å². The zero-order valence-corrected chi connectivity index (χ0v) is 17.7. The number of rotatable bonds is 8. The molecule has 2 aromatic heterocycles. The summed E-state index contributed by atoms with van der Waals surface area (Å²) in [7, 11) is 3.56. The van der Waals surface area contributed by atoms with Gasteiger partial charge in [0.15, 0.2) is 0 Å².